The molecule has 0 radical (unpaired) electrons. The number of alkyl halides is 3. The van der Waals surface area contributed by atoms with Gasteiger partial charge in [0.05, 0.1) is 12.2 Å². The summed E-state index contributed by atoms with van der Waals surface area (Å²) < 4.78 is 39.5. The summed E-state index contributed by atoms with van der Waals surface area (Å²) in [6, 6.07) is 9.24. The quantitative estimate of drug-likeness (QED) is 0.658. The summed E-state index contributed by atoms with van der Waals surface area (Å²) in [6.45, 7) is 4.57. The van der Waals surface area contributed by atoms with Crippen molar-refractivity contribution in [3.05, 3.63) is 63.9 Å². The molecular weight excluding hydrogens is 391 g/mol. The molecule has 0 bridgehead atoms. The predicted octanol–water partition coefficient (Wildman–Crippen LogP) is 4.35. The number of aryl methyl sites for hydroxylation is 1. The highest BCUT2D eigenvalue weighted by atomic mass is 32.1. The van der Waals surface area contributed by atoms with Crippen LogP contribution in [0.4, 0.5) is 23.1 Å². The molecule has 0 spiro atoms. The summed E-state index contributed by atoms with van der Waals surface area (Å²) in [5.41, 5.74) is 2.63. The van der Waals surface area contributed by atoms with Gasteiger partial charge in [-0.05, 0) is 19.4 Å². The molecule has 0 aliphatic rings. The highest BCUT2D eigenvalue weighted by Gasteiger charge is 2.33. The molecule has 0 aliphatic heterocycles. The van der Waals surface area contributed by atoms with E-state index in [0.717, 1.165) is 39.2 Å². The van der Waals surface area contributed by atoms with Crippen LogP contribution in [0.5, 0.6) is 0 Å². The number of thiazole rings is 1. The molecule has 0 atom stereocenters. The zero-order chi connectivity index (χ0) is 20.3. The van der Waals surface area contributed by atoms with Gasteiger partial charge in [-0.1, -0.05) is 30.3 Å². The first-order valence-corrected chi connectivity index (χ1v) is 9.26. The third-order valence-electron chi connectivity index (χ3n) is 4.15. The summed E-state index contributed by atoms with van der Waals surface area (Å²) in [5.74, 6) is 0. The second kappa shape index (κ2) is 8.01. The Bertz CT molecular complexity index is 966. The summed E-state index contributed by atoms with van der Waals surface area (Å²) >= 11 is 0.719. The molecule has 3 rings (SSSR count). The summed E-state index contributed by atoms with van der Waals surface area (Å²) in [4.78, 5) is 15.4. The Hall–Kier alpha value is -2.88. The lowest BCUT2D eigenvalue weighted by atomic mass is 10.2. The monoisotopic (exact) mass is 409 g/mol. The molecule has 0 fully saturated rings. The van der Waals surface area contributed by atoms with Crippen LogP contribution in [0.3, 0.4) is 0 Å². The van der Waals surface area contributed by atoms with Crippen molar-refractivity contribution in [2.75, 3.05) is 5.32 Å². The number of nitrogens with one attached hydrogen (secondary N) is 2. The van der Waals surface area contributed by atoms with Crippen LogP contribution in [-0.2, 0) is 19.3 Å². The highest BCUT2D eigenvalue weighted by Crippen LogP contribution is 2.31. The van der Waals surface area contributed by atoms with Gasteiger partial charge in [0.25, 0.3) is 0 Å². The zero-order valence-electron chi connectivity index (χ0n) is 15.2. The maximum Gasteiger partial charge on any atom is 0.434 e. The van der Waals surface area contributed by atoms with E-state index in [1.165, 1.54) is 0 Å². The Balaban J connectivity index is 1.61. The second-order valence-corrected chi connectivity index (χ2v) is 6.99. The first kappa shape index (κ1) is 19.9. The lowest BCUT2D eigenvalue weighted by Gasteiger charge is -2.07. The molecule has 2 aromatic heterocycles. The lowest BCUT2D eigenvalue weighted by molar-refractivity contribution is -0.140. The molecule has 148 valence electrons. The van der Waals surface area contributed by atoms with Gasteiger partial charge in [0.15, 0.2) is 10.8 Å². The van der Waals surface area contributed by atoms with Gasteiger partial charge in [0, 0.05) is 23.2 Å². The van der Waals surface area contributed by atoms with Crippen LogP contribution in [-0.4, -0.2) is 20.8 Å². The van der Waals surface area contributed by atoms with Crippen LogP contribution in [0.25, 0.3) is 0 Å². The third-order valence-corrected chi connectivity index (χ3v) is 4.91. The van der Waals surface area contributed by atoms with Gasteiger partial charge in [-0.2, -0.15) is 18.3 Å². The number of carbonyl (C=O) groups excluding carboxylic acids is 1. The molecular formula is C18H18F3N5OS. The fraction of sp³-hybridized carbons (Fsp3) is 0.278. The standard InChI is InChI=1S/C18H18F3N5OS/c1-11-14(12(2)26(25-11)9-13-6-4-3-5-7-13)8-22-16(27)24-17-23-15(10-28-17)18(19,20)21/h3-7,10H,8-9H2,1-2H3,(H2,22,23,24,27). The Morgan fingerprint density at radius 2 is 1.93 bits per heavy atom. The van der Waals surface area contributed by atoms with Crippen molar-refractivity contribution in [3.8, 4) is 0 Å². The number of amides is 2. The van der Waals surface area contributed by atoms with E-state index in [2.05, 4.69) is 20.7 Å². The number of nitrogens with zero attached hydrogens (tertiary/aromatic N) is 3. The molecule has 1 aromatic carbocycles. The number of halogens is 3. The Morgan fingerprint density at radius 3 is 2.57 bits per heavy atom. The molecule has 0 aliphatic carbocycles. The van der Waals surface area contributed by atoms with Crippen LogP contribution < -0.4 is 10.6 Å². The maximum absolute atomic E-state index is 12.6. The van der Waals surface area contributed by atoms with Gasteiger partial charge >= 0.3 is 12.2 Å². The number of anilines is 1. The molecule has 28 heavy (non-hydrogen) atoms. The first-order chi connectivity index (χ1) is 13.2. The maximum atomic E-state index is 12.6. The van der Waals surface area contributed by atoms with Crippen LogP contribution >= 0.6 is 11.3 Å². The minimum atomic E-state index is -4.53. The zero-order valence-corrected chi connectivity index (χ0v) is 16.0. The molecule has 6 nitrogen and oxygen atoms in total. The van der Waals surface area contributed by atoms with Gasteiger partial charge in [-0.15, -0.1) is 11.3 Å². The Kier molecular flexibility index (Phi) is 5.68. The van der Waals surface area contributed by atoms with Crippen molar-refractivity contribution >= 4 is 22.5 Å². The Morgan fingerprint density at radius 1 is 1.21 bits per heavy atom. The molecule has 0 unspecified atom stereocenters. The fourth-order valence-corrected chi connectivity index (χ4v) is 3.38. The molecule has 0 saturated carbocycles. The molecule has 0 saturated heterocycles. The van der Waals surface area contributed by atoms with Crippen molar-refractivity contribution in [1.29, 1.82) is 0 Å². The predicted molar refractivity (Wildman–Crippen MR) is 100 cm³/mol. The molecule has 2 amide bonds. The molecule has 2 heterocycles. The van der Waals surface area contributed by atoms with Gasteiger partial charge in [0.1, 0.15) is 0 Å². The van der Waals surface area contributed by atoms with E-state index < -0.39 is 17.9 Å². The number of benzene rings is 1. The summed E-state index contributed by atoms with van der Waals surface area (Å²) in [7, 11) is 0. The normalized spacial score (nSPS) is 11.5. The minimum absolute atomic E-state index is 0.113. The number of urea groups is 1. The fourth-order valence-electron chi connectivity index (χ4n) is 2.67. The minimum Gasteiger partial charge on any atom is -0.334 e. The van der Waals surface area contributed by atoms with Gasteiger partial charge in [-0.25, -0.2) is 9.78 Å². The average Bonchev–Trinajstić information content (AvgIpc) is 3.20. The molecule has 2 N–H and O–H groups in total. The van der Waals surface area contributed by atoms with E-state index in [1.807, 2.05) is 48.9 Å². The number of hydrogen-bond donors (Lipinski definition) is 2. The third kappa shape index (κ3) is 4.69. The van der Waals surface area contributed by atoms with Crippen LogP contribution in [0.2, 0.25) is 0 Å². The van der Waals surface area contributed by atoms with Crippen LogP contribution in [0.15, 0.2) is 35.7 Å². The smallest absolute Gasteiger partial charge is 0.334 e. The van der Waals surface area contributed by atoms with E-state index in [-0.39, 0.29) is 11.7 Å². The van der Waals surface area contributed by atoms with E-state index in [9.17, 15) is 18.0 Å². The second-order valence-electron chi connectivity index (χ2n) is 6.14. The van der Waals surface area contributed by atoms with E-state index in [4.69, 9.17) is 0 Å². The van der Waals surface area contributed by atoms with Crippen molar-refractivity contribution in [3.63, 3.8) is 0 Å². The molecule has 3 aromatic rings. The van der Waals surface area contributed by atoms with Crippen molar-refractivity contribution in [2.45, 2.75) is 33.1 Å². The topological polar surface area (TPSA) is 71.8 Å². The van der Waals surface area contributed by atoms with E-state index >= 15 is 0 Å². The van der Waals surface area contributed by atoms with Crippen molar-refractivity contribution < 1.29 is 18.0 Å². The summed E-state index contributed by atoms with van der Waals surface area (Å²) in [5, 5.41) is 10.2. The van der Waals surface area contributed by atoms with E-state index in [1.54, 1.807) is 0 Å². The lowest BCUT2D eigenvalue weighted by Crippen LogP contribution is -2.28. The SMILES string of the molecule is Cc1nn(Cc2ccccc2)c(C)c1CNC(=O)Nc1nc(C(F)(F)F)cs1. The van der Waals surface area contributed by atoms with Gasteiger partial charge in [-0.3, -0.25) is 10.00 Å². The van der Waals surface area contributed by atoms with Gasteiger partial charge in [0.2, 0.25) is 0 Å². The van der Waals surface area contributed by atoms with E-state index in [0.29, 0.717) is 6.54 Å². The largest absolute Gasteiger partial charge is 0.434 e. The number of aromatic nitrogens is 3. The number of rotatable bonds is 5. The highest BCUT2D eigenvalue weighted by molar-refractivity contribution is 7.13. The van der Waals surface area contributed by atoms with Crippen LogP contribution in [0.1, 0.15) is 28.2 Å². The number of hydrogen-bond acceptors (Lipinski definition) is 4. The van der Waals surface area contributed by atoms with Crippen molar-refractivity contribution in [1.82, 2.24) is 20.1 Å². The number of carbonyl (C=O) groups is 1. The molecule has 10 heteroatoms. The van der Waals surface area contributed by atoms with Gasteiger partial charge < -0.3 is 5.32 Å². The Labute approximate surface area is 163 Å². The summed E-state index contributed by atoms with van der Waals surface area (Å²) in [6.07, 6.45) is -4.53. The first-order valence-electron chi connectivity index (χ1n) is 8.38. The average molecular weight is 409 g/mol. The van der Waals surface area contributed by atoms with Crippen LogP contribution in [0, 0.1) is 13.8 Å². The van der Waals surface area contributed by atoms with Crippen molar-refractivity contribution in [2.24, 2.45) is 0 Å².